The minimum atomic E-state index is -0.782. The molecule has 2 rings (SSSR count). The molecular weight excluding hydrogens is 268 g/mol. The molecule has 2 N–H and O–H groups in total. The van der Waals surface area contributed by atoms with Crippen molar-refractivity contribution in [2.45, 2.75) is 64.3 Å². The van der Waals surface area contributed by atoms with Crippen LogP contribution in [0.4, 0.5) is 0 Å². The van der Waals surface area contributed by atoms with E-state index in [0.717, 1.165) is 38.8 Å². The highest BCUT2D eigenvalue weighted by Crippen LogP contribution is 2.43. The number of carboxylic acids is 1. The predicted octanol–water partition coefficient (Wildman–Crippen LogP) is 2.01. The molecule has 0 spiro atoms. The van der Waals surface area contributed by atoms with E-state index in [9.17, 15) is 9.59 Å². The molecule has 21 heavy (non-hydrogen) atoms. The van der Waals surface area contributed by atoms with Crippen LogP contribution in [-0.4, -0.2) is 47.6 Å². The Morgan fingerprint density at radius 1 is 1.14 bits per heavy atom. The van der Waals surface area contributed by atoms with Crippen LogP contribution in [0.3, 0.4) is 0 Å². The van der Waals surface area contributed by atoms with Gasteiger partial charge < -0.3 is 10.4 Å². The molecule has 2 aliphatic rings. The molecule has 0 aromatic heterocycles. The minimum Gasteiger partial charge on any atom is -0.481 e. The van der Waals surface area contributed by atoms with Gasteiger partial charge in [0.15, 0.2) is 0 Å². The molecule has 1 amide bonds. The highest BCUT2D eigenvalue weighted by Gasteiger charge is 2.38. The van der Waals surface area contributed by atoms with Crippen LogP contribution in [0.15, 0.2) is 0 Å². The van der Waals surface area contributed by atoms with Gasteiger partial charge in [-0.05, 0) is 51.1 Å². The average molecular weight is 296 g/mol. The molecule has 1 aliphatic heterocycles. The SMILES string of the molecule is CC(CNC(=O)CC1(CC(=O)O)CCCC1)N1CCCC1. The first-order chi connectivity index (χ1) is 10.0. The molecule has 0 aromatic carbocycles. The van der Waals surface area contributed by atoms with E-state index in [1.165, 1.54) is 12.8 Å². The maximum atomic E-state index is 12.2. The van der Waals surface area contributed by atoms with Gasteiger partial charge in [0.05, 0.1) is 6.42 Å². The maximum Gasteiger partial charge on any atom is 0.303 e. The van der Waals surface area contributed by atoms with E-state index in [0.29, 0.717) is 19.0 Å². The molecular formula is C16H28N2O3. The summed E-state index contributed by atoms with van der Waals surface area (Å²) in [6.45, 7) is 5.07. The Kier molecular flexibility index (Phi) is 5.62. The summed E-state index contributed by atoms with van der Waals surface area (Å²) in [6, 6.07) is 0.371. The van der Waals surface area contributed by atoms with Crippen molar-refractivity contribution in [3.05, 3.63) is 0 Å². The number of carbonyl (C=O) groups excluding carboxylic acids is 1. The fourth-order valence-electron chi connectivity index (χ4n) is 3.84. The van der Waals surface area contributed by atoms with E-state index in [-0.39, 0.29) is 17.7 Å². The Morgan fingerprint density at radius 3 is 2.33 bits per heavy atom. The van der Waals surface area contributed by atoms with Gasteiger partial charge >= 0.3 is 5.97 Å². The molecule has 1 heterocycles. The van der Waals surface area contributed by atoms with Crippen LogP contribution >= 0.6 is 0 Å². The zero-order valence-corrected chi connectivity index (χ0v) is 13.1. The van der Waals surface area contributed by atoms with Crippen LogP contribution in [0, 0.1) is 5.41 Å². The van der Waals surface area contributed by atoms with Crippen molar-refractivity contribution in [1.29, 1.82) is 0 Å². The van der Waals surface area contributed by atoms with Gasteiger partial charge in [0.2, 0.25) is 5.91 Å². The van der Waals surface area contributed by atoms with Gasteiger partial charge in [0.25, 0.3) is 0 Å². The molecule has 1 aliphatic carbocycles. The molecule has 2 fully saturated rings. The fraction of sp³-hybridized carbons (Fsp3) is 0.875. The van der Waals surface area contributed by atoms with Gasteiger partial charge in [-0.1, -0.05) is 12.8 Å². The lowest BCUT2D eigenvalue weighted by Crippen LogP contribution is -2.42. The third-order valence-corrected chi connectivity index (χ3v) is 5.08. The molecule has 0 radical (unpaired) electrons. The number of amides is 1. The summed E-state index contributed by atoms with van der Waals surface area (Å²) in [5.41, 5.74) is -0.299. The van der Waals surface area contributed by atoms with Crippen molar-refractivity contribution >= 4 is 11.9 Å². The van der Waals surface area contributed by atoms with Crippen LogP contribution in [0.5, 0.6) is 0 Å². The number of carboxylic acid groups (broad SMARTS) is 1. The van der Waals surface area contributed by atoms with Crippen molar-refractivity contribution in [3.8, 4) is 0 Å². The van der Waals surface area contributed by atoms with Gasteiger partial charge in [-0.2, -0.15) is 0 Å². The molecule has 120 valence electrons. The van der Waals surface area contributed by atoms with Crippen molar-refractivity contribution in [2.24, 2.45) is 5.41 Å². The second kappa shape index (κ2) is 7.25. The van der Waals surface area contributed by atoms with E-state index >= 15 is 0 Å². The van der Waals surface area contributed by atoms with Gasteiger partial charge in [-0.3, -0.25) is 14.5 Å². The third kappa shape index (κ3) is 4.70. The number of nitrogens with one attached hydrogen (secondary N) is 1. The molecule has 0 aromatic rings. The van der Waals surface area contributed by atoms with E-state index < -0.39 is 5.97 Å². The quantitative estimate of drug-likeness (QED) is 0.754. The number of hydrogen-bond acceptors (Lipinski definition) is 3. The second-order valence-corrected chi connectivity index (χ2v) is 6.85. The minimum absolute atomic E-state index is 0.0178. The lowest BCUT2D eigenvalue weighted by Gasteiger charge is -2.28. The number of likely N-dealkylation sites (tertiary alicyclic amines) is 1. The molecule has 5 nitrogen and oxygen atoms in total. The Balaban J connectivity index is 1.78. The Hall–Kier alpha value is -1.10. The van der Waals surface area contributed by atoms with Crippen LogP contribution in [0.1, 0.15) is 58.3 Å². The summed E-state index contributed by atoms with van der Waals surface area (Å²) < 4.78 is 0. The lowest BCUT2D eigenvalue weighted by atomic mass is 9.79. The summed E-state index contributed by atoms with van der Waals surface area (Å²) in [7, 11) is 0. The summed E-state index contributed by atoms with van der Waals surface area (Å²) >= 11 is 0. The zero-order valence-electron chi connectivity index (χ0n) is 13.1. The molecule has 1 unspecified atom stereocenters. The summed E-state index contributed by atoms with van der Waals surface area (Å²) in [5, 5.41) is 12.1. The number of carbonyl (C=O) groups is 2. The zero-order chi connectivity index (χ0) is 15.3. The van der Waals surface area contributed by atoms with E-state index in [1.807, 2.05) is 0 Å². The van der Waals surface area contributed by atoms with Gasteiger partial charge in [0.1, 0.15) is 0 Å². The summed E-state index contributed by atoms with van der Waals surface area (Å²) in [6.07, 6.45) is 6.83. The molecule has 5 heteroatoms. The Labute approximate surface area is 127 Å². The van der Waals surface area contributed by atoms with Crippen LogP contribution in [-0.2, 0) is 9.59 Å². The number of nitrogens with zero attached hydrogens (tertiary/aromatic N) is 1. The highest BCUT2D eigenvalue weighted by atomic mass is 16.4. The molecule has 1 saturated heterocycles. The molecule has 1 saturated carbocycles. The Morgan fingerprint density at radius 2 is 1.76 bits per heavy atom. The monoisotopic (exact) mass is 296 g/mol. The maximum absolute atomic E-state index is 12.2. The summed E-state index contributed by atoms with van der Waals surface area (Å²) in [5.74, 6) is -0.765. The van der Waals surface area contributed by atoms with Gasteiger partial charge in [-0.25, -0.2) is 0 Å². The highest BCUT2D eigenvalue weighted by molar-refractivity contribution is 5.78. The predicted molar refractivity (Wildman–Crippen MR) is 81.0 cm³/mol. The van der Waals surface area contributed by atoms with E-state index in [4.69, 9.17) is 5.11 Å². The number of hydrogen-bond donors (Lipinski definition) is 2. The van der Waals surface area contributed by atoms with Gasteiger partial charge in [0, 0.05) is 19.0 Å². The number of rotatable bonds is 7. The smallest absolute Gasteiger partial charge is 0.303 e. The van der Waals surface area contributed by atoms with Crippen LogP contribution < -0.4 is 5.32 Å². The van der Waals surface area contributed by atoms with Crippen molar-refractivity contribution < 1.29 is 14.7 Å². The first-order valence-electron chi connectivity index (χ1n) is 8.23. The van der Waals surface area contributed by atoms with Crippen LogP contribution in [0.25, 0.3) is 0 Å². The third-order valence-electron chi connectivity index (χ3n) is 5.08. The summed E-state index contributed by atoms with van der Waals surface area (Å²) in [4.78, 5) is 25.6. The fourth-order valence-corrected chi connectivity index (χ4v) is 3.84. The molecule has 0 bridgehead atoms. The Bertz CT molecular complexity index is 372. The first kappa shape index (κ1) is 16.3. The van der Waals surface area contributed by atoms with Crippen LogP contribution in [0.2, 0.25) is 0 Å². The average Bonchev–Trinajstić information content (AvgIpc) is 3.06. The van der Waals surface area contributed by atoms with E-state index in [2.05, 4.69) is 17.1 Å². The number of aliphatic carboxylic acids is 1. The largest absolute Gasteiger partial charge is 0.481 e. The van der Waals surface area contributed by atoms with Crippen molar-refractivity contribution in [1.82, 2.24) is 10.2 Å². The van der Waals surface area contributed by atoms with Gasteiger partial charge in [-0.15, -0.1) is 0 Å². The van der Waals surface area contributed by atoms with Crippen molar-refractivity contribution in [3.63, 3.8) is 0 Å². The van der Waals surface area contributed by atoms with E-state index in [1.54, 1.807) is 0 Å². The molecule has 1 atom stereocenters. The standard InChI is InChI=1S/C16H28N2O3/c1-13(18-8-4-5-9-18)12-17-14(19)10-16(11-15(20)21)6-2-3-7-16/h13H,2-12H2,1H3,(H,17,19)(H,20,21). The normalized spacial score (nSPS) is 23.1. The van der Waals surface area contributed by atoms with Crippen molar-refractivity contribution in [2.75, 3.05) is 19.6 Å². The first-order valence-corrected chi connectivity index (χ1v) is 8.23. The topological polar surface area (TPSA) is 69.6 Å². The second-order valence-electron chi connectivity index (χ2n) is 6.85. The lowest BCUT2D eigenvalue weighted by molar-refractivity contribution is -0.140.